The van der Waals surface area contributed by atoms with Crippen LogP contribution >= 0.6 is 0 Å². The van der Waals surface area contributed by atoms with Crippen LogP contribution in [0.25, 0.3) is 0 Å². The van der Waals surface area contributed by atoms with Gasteiger partial charge in [-0.3, -0.25) is 0 Å². The van der Waals surface area contributed by atoms with Crippen LogP contribution in [0, 0.1) is 5.92 Å². The van der Waals surface area contributed by atoms with E-state index in [-0.39, 0.29) is 12.0 Å². The van der Waals surface area contributed by atoms with E-state index in [9.17, 15) is 4.79 Å². The minimum absolute atomic E-state index is 0.126. The van der Waals surface area contributed by atoms with Gasteiger partial charge in [0.05, 0.1) is 6.61 Å². The Morgan fingerprint density at radius 3 is 3.05 bits per heavy atom. The lowest BCUT2D eigenvalue weighted by Gasteiger charge is -2.36. The fourth-order valence-electron chi connectivity index (χ4n) is 2.59. The lowest BCUT2D eigenvalue weighted by atomic mass is 9.96. The molecular formula is C14H21N3O2. The van der Waals surface area contributed by atoms with Crippen molar-refractivity contribution in [1.29, 1.82) is 0 Å². The summed E-state index contributed by atoms with van der Waals surface area (Å²) in [7, 11) is 0. The quantitative estimate of drug-likeness (QED) is 0.836. The summed E-state index contributed by atoms with van der Waals surface area (Å²) in [6, 6.07) is 3.63. The number of carbonyl (C=O) groups is 1. The molecule has 1 aliphatic heterocycles. The van der Waals surface area contributed by atoms with E-state index in [1.54, 1.807) is 25.3 Å². The molecule has 19 heavy (non-hydrogen) atoms. The van der Waals surface area contributed by atoms with Gasteiger partial charge in [-0.15, -0.1) is 0 Å². The van der Waals surface area contributed by atoms with Crippen LogP contribution in [-0.4, -0.2) is 36.7 Å². The number of anilines is 1. The number of ether oxygens (including phenoxy) is 1. The molecule has 0 bridgehead atoms. The Bertz CT molecular complexity index is 440. The maximum atomic E-state index is 12.0. The van der Waals surface area contributed by atoms with E-state index in [2.05, 4.69) is 16.8 Å². The first kappa shape index (κ1) is 13.8. The van der Waals surface area contributed by atoms with Crippen LogP contribution in [-0.2, 0) is 4.74 Å². The normalized spacial score (nSPS) is 23.2. The van der Waals surface area contributed by atoms with Crippen molar-refractivity contribution in [1.82, 2.24) is 4.98 Å². The van der Waals surface area contributed by atoms with Crippen molar-refractivity contribution in [2.75, 3.05) is 24.6 Å². The zero-order valence-electron chi connectivity index (χ0n) is 11.5. The zero-order valence-corrected chi connectivity index (χ0v) is 11.5. The van der Waals surface area contributed by atoms with Crippen molar-refractivity contribution in [2.45, 2.75) is 26.3 Å². The van der Waals surface area contributed by atoms with Crippen molar-refractivity contribution in [3.05, 3.63) is 23.9 Å². The molecule has 104 valence electrons. The van der Waals surface area contributed by atoms with Gasteiger partial charge in [0.2, 0.25) is 0 Å². The van der Waals surface area contributed by atoms with Crippen LogP contribution in [0.15, 0.2) is 18.3 Å². The third-order valence-electron chi connectivity index (χ3n) is 3.27. The second-order valence-corrected chi connectivity index (χ2v) is 5.10. The van der Waals surface area contributed by atoms with Gasteiger partial charge in [0.1, 0.15) is 11.4 Å². The van der Waals surface area contributed by atoms with Gasteiger partial charge in [0, 0.05) is 25.3 Å². The highest BCUT2D eigenvalue weighted by atomic mass is 16.5. The Morgan fingerprint density at radius 1 is 1.58 bits per heavy atom. The summed E-state index contributed by atoms with van der Waals surface area (Å²) in [5, 5.41) is 0. The van der Waals surface area contributed by atoms with E-state index < -0.39 is 0 Å². The second kappa shape index (κ2) is 6.02. The number of carbonyl (C=O) groups excluding carboxylic acids is 1. The van der Waals surface area contributed by atoms with Crippen molar-refractivity contribution in [3.8, 4) is 0 Å². The summed E-state index contributed by atoms with van der Waals surface area (Å²) < 4.78 is 5.08. The zero-order chi connectivity index (χ0) is 13.8. The molecule has 2 heterocycles. The molecule has 1 aromatic rings. The molecule has 1 fully saturated rings. The van der Waals surface area contributed by atoms with E-state index in [1.807, 2.05) is 0 Å². The molecule has 0 spiro atoms. The number of esters is 1. The Balaban J connectivity index is 2.26. The van der Waals surface area contributed by atoms with E-state index in [0.29, 0.717) is 23.9 Å². The molecule has 0 aliphatic carbocycles. The van der Waals surface area contributed by atoms with Gasteiger partial charge in [0.15, 0.2) is 0 Å². The molecule has 0 amide bonds. The van der Waals surface area contributed by atoms with Gasteiger partial charge in [-0.05, 0) is 31.4 Å². The molecule has 2 N–H and O–H groups in total. The smallest absolute Gasteiger partial charge is 0.341 e. The largest absolute Gasteiger partial charge is 0.462 e. The molecule has 1 aromatic heterocycles. The van der Waals surface area contributed by atoms with Crippen molar-refractivity contribution in [3.63, 3.8) is 0 Å². The Morgan fingerprint density at radius 2 is 2.37 bits per heavy atom. The molecule has 0 radical (unpaired) electrons. The molecule has 0 aromatic carbocycles. The summed E-state index contributed by atoms with van der Waals surface area (Å²) in [6.45, 7) is 5.93. The summed E-state index contributed by atoms with van der Waals surface area (Å²) in [4.78, 5) is 18.4. The Kier molecular flexibility index (Phi) is 4.37. The minimum atomic E-state index is -0.322. The predicted molar refractivity (Wildman–Crippen MR) is 74.2 cm³/mol. The highest BCUT2D eigenvalue weighted by molar-refractivity contribution is 5.94. The number of piperidine rings is 1. The van der Waals surface area contributed by atoms with Crippen molar-refractivity contribution < 1.29 is 9.53 Å². The maximum Gasteiger partial charge on any atom is 0.341 e. The van der Waals surface area contributed by atoms with Crippen molar-refractivity contribution in [2.24, 2.45) is 11.7 Å². The summed E-state index contributed by atoms with van der Waals surface area (Å²) in [6.07, 6.45) is 2.71. The van der Waals surface area contributed by atoms with Gasteiger partial charge < -0.3 is 15.4 Å². The standard InChI is InChI=1S/C14H21N3O2/c1-3-19-14(18)12-5-4-6-16-13(12)17-8-10(2)7-11(15)9-17/h4-6,10-11H,3,7-9,15H2,1-2H3. The van der Waals surface area contributed by atoms with Gasteiger partial charge >= 0.3 is 5.97 Å². The van der Waals surface area contributed by atoms with Gasteiger partial charge in [-0.1, -0.05) is 6.92 Å². The number of nitrogens with two attached hydrogens (primary N) is 1. The Labute approximate surface area is 113 Å². The fraction of sp³-hybridized carbons (Fsp3) is 0.571. The van der Waals surface area contributed by atoms with E-state index in [4.69, 9.17) is 10.5 Å². The Hall–Kier alpha value is -1.62. The minimum Gasteiger partial charge on any atom is -0.462 e. The first-order valence-corrected chi connectivity index (χ1v) is 6.74. The lowest BCUT2D eigenvalue weighted by molar-refractivity contribution is 0.0526. The SMILES string of the molecule is CCOC(=O)c1cccnc1N1CC(C)CC(N)C1. The average molecular weight is 263 g/mol. The topological polar surface area (TPSA) is 68.5 Å². The molecule has 1 saturated heterocycles. The van der Waals surface area contributed by atoms with E-state index in [1.165, 1.54) is 0 Å². The van der Waals surface area contributed by atoms with Crippen LogP contribution < -0.4 is 10.6 Å². The third-order valence-corrected chi connectivity index (χ3v) is 3.27. The van der Waals surface area contributed by atoms with Crippen LogP contribution in [0.2, 0.25) is 0 Å². The molecule has 1 aliphatic rings. The van der Waals surface area contributed by atoms with Crippen LogP contribution in [0.3, 0.4) is 0 Å². The monoisotopic (exact) mass is 263 g/mol. The molecule has 2 atom stereocenters. The summed E-state index contributed by atoms with van der Waals surface area (Å²) in [5.41, 5.74) is 6.57. The van der Waals surface area contributed by atoms with E-state index >= 15 is 0 Å². The molecule has 5 nitrogen and oxygen atoms in total. The van der Waals surface area contributed by atoms with Gasteiger partial charge in [0.25, 0.3) is 0 Å². The molecule has 0 saturated carbocycles. The predicted octanol–water partition coefficient (Wildman–Crippen LogP) is 1.43. The van der Waals surface area contributed by atoms with E-state index in [0.717, 1.165) is 19.5 Å². The van der Waals surface area contributed by atoms with Gasteiger partial charge in [-0.2, -0.15) is 0 Å². The lowest BCUT2D eigenvalue weighted by Crippen LogP contribution is -2.47. The first-order valence-electron chi connectivity index (χ1n) is 6.74. The molecule has 2 unspecified atom stereocenters. The second-order valence-electron chi connectivity index (χ2n) is 5.10. The summed E-state index contributed by atoms with van der Waals surface area (Å²) >= 11 is 0. The fourth-order valence-corrected chi connectivity index (χ4v) is 2.59. The highest BCUT2D eigenvalue weighted by Gasteiger charge is 2.26. The van der Waals surface area contributed by atoms with Crippen LogP contribution in [0.1, 0.15) is 30.6 Å². The third kappa shape index (κ3) is 3.23. The molecule has 2 rings (SSSR count). The number of pyridine rings is 1. The molecule has 5 heteroatoms. The summed E-state index contributed by atoms with van der Waals surface area (Å²) in [5.74, 6) is 0.862. The molecular weight excluding hydrogens is 242 g/mol. The number of hydrogen-bond acceptors (Lipinski definition) is 5. The highest BCUT2D eigenvalue weighted by Crippen LogP contribution is 2.24. The number of nitrogens with zero attached hydrogens (tertiary/aromatic N) is 2. The van der Waals surface area contributed by atoms with Crippen LogP contribution in [0.4, 0.5) is 5.82 Å². The van der Waals surface area contributed by atoms with Crippen molar-refractivity contribution >= 4 is 11.8 Å². The number of aromatic nitrogens is 1. The maximum absolute atomic E-state index is 12.0. The number of hydrogen-bond donors (Lipinski definition) is 1. The van der Waals surface area contributed by atoms with Gasteiger partial charge in [-0.25, -0.2) is 9.78 Å². The number of rotatable bonds is 3. The first-order chi connectivity index (χ1) is 9.11. The van der Waals surface area contributed by atoms with Crippen LogP contribution in [0.5, 0.6) is 0 Å². The average Bonchev–Trinajstić information content (AvgIpc) is 2.38.